The molecule has 12 nitrogen and oxygen atoms in total. The maximum Gasteiger partial charge on any atom is 0.335 e. The fraction of sp³-hybridized carbons (Fsp3) is 0.614. The van der Waals surface area contributed by atoms with E-state index in [1.165, 1.54) is 0 Å². The van der Waals surface area contributed by atoms with E-state index < -0.39 is 67.3 Å². The van der Waals surface area contributed by atoms with E-state index in [4.69, 9.17) is 23.7 Å². The second-order valence-electron chi connectivity index (χ2n) is 17.0. The summed E-state index contributed by atoms with van der Waals surface area (Å²) in [7, 11) is 0. The van der Waals surface area contributed by atoms with Gasteiger partial charge < -0.3 is 39.0 Å². The Morgan fingerprint density at radius 2 is 0.870 bits per heavy atom. The normalized spacial score (nSPS) is 19.6. The maximum atomic E-state index is 13.1. The monoisotopic (exact) mass is 965 g/mol. The van der Waals surface area contributed by atoms with Gasteiger partial charge in [-0.1, -0.05) is 149 Å². The first-order chi connectivity index (χ1) is 33.6. The summed E-state index contributed by atoms with van der Waals surface area (Å²) in [6, 6.07) is 0. The standard InChI is InChI=1S/C57H88O12/c1-4-7-10-13-16-19-22-25-28-31-34-37-40-43-49(58)65-46-48(67-50(59)44-41-38-35-32-29-26-23-20-17-14-11-8-5-2)47-66-57-55(53(62)52(61)54(69-57)56(63)64)68-51(60)45-42-39-36-33-30-27-24-21-18-15-12-9-6-3/h7-12,16-21,25-30,48,52-55,57,61-62H,4-6,13-15,22-24,31-47H2,1-3H3,(H,63,64)/b10-7-,11-8-,12-9-,19-16-,20-17-,21-18-,28-25-,29-26-,30-27-. The van der Waals surface area contributed by atoms with Gasteiger partial charge in [0.25, 0.3) is 0 Å². The summed E-state index contributed by atoms with van der Waals surface area (Å²) in [6.07, 6.45) is 46.6. The summed E-state index contributed by atoms with van der Waals surface area (Å²) in [5.41, 5.74) is 0. The lowest BCUT2D eigenvalue weighted by molar-refractivity contribution is -0.301. The Labute approximate surface area is 415 Å². The number of ether oxygens (including phenoxy) is 5. The summed E-state index contributed by atoms with van der Waals surface area (Å²) >= 11 is 0. The SMILES string of the molecule is CC/C=C\C/C=C\C/C=C\CCCCCC(=O)OCC(COC1OC(C(=O)O)C(O)C(O)C1OC(=O)CCCCC/C=C\C/C=C\C/C=C\CC)OC(=O)CCCCC/C=C\C/C=C\C/C=C\CC. The molecule has 0 aliphatic carbocycles. The van der Waals surface area contributed by atoms with Gasteiger partial charge in [-0.05, 0) is 116 Å². The van der Waals surface area contributed by atoms with Gasteiger partial charge in [0, 0.05) is 19.3 Å². The van der Waals surface area contributed by atoms with Crippen LogP contribution in [0.2, 0.25) is 0 Å². The number of aliphatic hydroxyl groups is 2. The minimum absolute atomic E-state index is 0.0128. The largest absolute Gasteiger partial charge is 0.479 e. The Balaban J connectivity index is 2.80. The van der Waals surface area contributed by atoms with Crippen LogP contribution in [0.3, 0.4) is 0 Å². The molecule has 6 atom stereocenters. The van der Waals surface area contributed by atoms with Crippen LogP contribution >= 0.6 is 0 Å². The van der Waals surface area contributed by atoms with Crippen LogP contribution < -0.4 is 0 Å². The number of carbonyl (C=O) groups excluding carboxylic acids is 3. The van der Waals surface area contributed by atoms with Crippen molar-refractivity contribution in [2.75, 3.05) is 13.2 Å². The van der Waals surface area contributed by atoms with E-state index in [9.17, 15) is 34.5 Å². The molecule has 1 fully saturated rings. The summed E-state index contributed by atoms with van der Waals surface area (Å²) in [5, 5.41) is 31.3. The van der Waals surface area contributed by atoms with E-state index in [0.717, 1.165) is 116 Å². The van der Waals surface area contributed by atoms with Gasteiger partial charge in [-0.15, -0.1) is 0 Å². The fourth-order valence-electron chi connectivity index (χ4n) is 6.94. The zero-order valence-corrected chi connectivity index (χ0v) is 42.3. The maximum absolute atomic E-state index is 13.1. The van der Waals surface area contributed by atoms with Crippen molar-refractivity contribution >= 4 is 23.9 Å². The number of esters is 3. The topological polar surface area (TPSA) is 175 Å². The molecule has 0 amide bonds. The summed E-state index contributed by atoms with van der Waals surface area (Å²) in [4.78, 5) is 50.8. The average molecular weight is 965 g/mol. The zero-order chi connectivity index (χ0) is 50.4. The smallest absolute Gasteiger partial charge is 0.335 e. The van der Waals surface area contributed by atoms with Crippen LogP contribution in [0.1, 0.15) is 175 Å². The third-order valence-electron chi connectivity index (χ3n) is 10.8. The summed E-state index contributed by atoms with van der Waals surface area (Å²) in [5.74, 6) is -3.26. The fourth-order valence-corrected chi connectivity index (χ4v) is 6.94. The molecule has 6 unspecified atom stereocenters. The van der Waals surface area contributed by atoms with Gasteiger partial charge in [-0.25, -0.2) is 4.79 Å². The number of carboxylic acid groups (broad SMARTS) is 1. The zero-order valence-electron chi connectivity index (χ0n) is 42.3. The number of allylic oxidation sites excluding steroid dienone is 18. The molecule has 1 rings (SSSR count). The van der Waals surface area contributed by atoms with Crippen molar-refractivity contribution in [2.24, 2.45) is 0 Å². The molecule has 0 radical (unpaired) electrons. The van der Waals surface area contributed by atoms with Crippen molar-refractivity contribution in [3.8, 4) is 0 Å². The molecule has 0 aromatic carbocycles. The summed E-state index contributed by atoms with van der Waals surface area (Å²) < 4.78 is 28.2. The van der Waals surface area contributed by atoms with Gasteiger partial charge in [-0.3, -0.25) is 14.4 Å². The third kappa shape index (κ3) is 35.2. The predicted octanol–water partition coefficient (Wildman–Crippen LogP) is 12.3. The van der Waals surface area contributed by atoms with Crippen LogP contribution in [0.25, 0.3) is 0 Å². The van der Waals surface area contributed by atoms with E-state index >= 15 is 0 Å². The number of carbonyl (C=O) groups is 4. The molecule has 0 aromatic heterocycles. The third-order valence-corrected chi connectivity index (χ3v) is 10.8. The van der Waals surface area contributed by atoms with Crippen LogP contribution in [-0.2, 0) is 42.9 Å². The van der Waals surface area contributed by atoms with Crippen LogP contribution in [0.15, 0.2) is 109 Å². The highest BCUT2D eigenvalue weighted by Crippen LogP contribution is 2.26. The summed E-state index contributed by atoms with van der Waals surface area (Å²) in [6.45, 7) is 5.53. The molecule has 0 saturated carbocycles. The molecule has 1 aliphatic rings. The van der Waals surface area contributed by atoms with E-state index in [0.29, 0.717) is 19.3 Å². The molecule has 388 valence electrons. The van der Waals surface area contributed by atoms with E-state index in [-0.39, 0.29) is 25.9 Å². The highest BCUT2D eigenvalue weighted by atomic mass is 16.7. The predicted molar refractivity (Wildman–Crippen MR) is 275 cm³/mol. The molecule has 0 spiro atoms. The van der Waals surface area contributed by atoms with E-state index in [1.807, 2.05) is 0 Å². The first kappa shape index (κ1) is 62.4. The molecule has 1 aliphatic heterocycles. The number of hydrogen-bond acceptors (Lipinski definition) is 11. The van der Waals surface area contributed by atoms with Gasteiger partial charge >= 0.3 is 23.9 Å². The molecule has 3 N–H and O–H groups in total. The molecule has 0 bridgehead atoms. The molecular formula is C57H88O12. The van der Waals surface area contributed by atoms with Crippen LogP contribution in [0.4, 0.5) is 0 Å². The van der Waals surface area contributed by atoms with Gasteiger partial charge in [0.15, 0.2) is 24.6 Å². The number of carboxylic acids is 1. The van der Waals surface area contributed by atoms with Crippen molar-refractivity contribution in [2.45, 2.75) is 212 Å². The van der Waals surface area contributed by atoms with Gasteiger partial charge in [0.2, 0.25) is 0 Å². The van der Waals surface area contributed by atoms with Crippen molar-refractivity contribution in [3.63, 3.8) is 0 Å². The Morgan fingerprint density at radius 3 is 1.29 bits per heavy atom. The van der Waals surface area contributed by atoms with Crippen molar-refractivity contribution in [3.05, 3.63) is 109 Å². The quantitative estimate of drug-likeness (QED) is 0.0229. The molecular weight excluding hydrogens is 877 g/mol. The van der Waals surface area contributed by atoms with Gasteiger partial charge in [0.1, 0.15) is 18.8 Å². The lowest BCUT2D eigenvalue weighted by atomic mass is 9.98. The lowest BCUT2D eigenvalue weighted by Crippen LogP contribution is -2.61. The van der Waals surface area contributed by atoms with Crippen LogP contribution in [0.5, 0.6) is 0 Å². The minimum Gasteiger partial charge on any atom is -0.479 e. The van der Waals surface area contributed by atoms with Crippen molar-refractivity contribution in [1.82, 2.24) is 0 Å². The molecule has 1 heterocycles. The van der Waals surface area contributed by atoms with Crippen LogP contribution in [-0.4, -0.2) is 89.2 Å². The molecule has 0 aromatic rings. The second kappa shape index (κ2) is 44.6. The molecule has 12 heteroatoms. The molecule has 1 saturated heterocycles. The molecule has 69 heavy (non-hydrogen) atoms. The van der Waals surface area contributed by atoms with Crippen molar-refractivity contribution < 1.29 is 58.2 Å². The first-order valence-electron chi connectivity index (χ1n) is 25.9. The Hall–Kier alpha value is -4.62. The van der Waals surface area contributed by atoms with Crippen LogP contribution in [0, 0.1) is 0 Å². The van der Waals surface area contributed by atoms with E-state index in [2.05, 4.69) is 130 Å². The van der Waals surface area contributed by atoms with Gasteiger partial charge in [-0.2, -0.15) is 0 Å². The number of aliphatic hydroxyl groups excluding tert-OH is 2. The number of aliphatic carboxylic acids is 1. The minimum atomic E-state index is -1.93. The van der Waals surface area contributed by atoms with Crippen molar-refractivity contribution in [1.29, 1.82) is 0 Å². The lowest BCUT2D eigenvalue weighted by Gasteiger charge is -2.40. The number of rotatable bonds is 41. The van der Waals surface area contributed by atoms with E-state index in [1.54, 1.807) is 0 Å². The Kier molecular flexibility index (Phi) is 40.3. The Bertz CT molecular complexity index is 1620. The highest BCUT2D eigenvalue weighted by molar-refractivity contribution is 5.74. The second-order valence-corrected chi connectivity index (χ2v) is 17.0. The number of unbranched alkanes of at least 4 members (excludes halogenated alkanes) is 9. The van der Waals surface area contributed by atoms with Gasteiger partial charge in [0.05, 0.1) is 6.61 Å². The first-order valence-corrected chi connectivity index (χ1v) is 25.9. The number of hydrogen-bond donors (Lipinski definition) is 3. The highest BCUT2D eigenvalue weighted by Gasteiger charge is 2.50. The average Bonchev–Trinajstić information content (AvgIpc) is 3.33. The Morgan fingerprint density at radius 1 is 0.478 bits per heavy atom.